The molecule has 0 bridgehead atoms. The molecular weight excluding hydrogens is 705 g/mol. The second kappa shape index (κ2) is 39.2. The third kappa shape index (κ3) is 38.2. The molecule has 0 aromatic carbocycles. The predicted octanol–water partition coefficient (Wildman–Crippen LogP) is 10.9. The van der Waals surface area contributed by atoms with Crippen LogP contribution in [0.3, 0.4) is 0 Å². The summed E-state index contributed by atoms with van der Waals surface area (Å²) >= 11 is 0. The van der Waals surface area contributed by atoms with Gasteiger partial charge in [-0.25, -0.2) is 4.57 Å². The molecule has 3 unspecified atom stereocenters. The van der Waals surface area contributed by atoms with E-state index in [1.54, 1.807) is 6.08 Å². The van der Waals surface area contributed by atoms with Crippen molar-refractivity contribution in [1.29, 1.82) is 0 Å². The molecular formula is C43H78NO9P. The number of allylic oxidation sites excluding steroid dienone is 6. The normalized spacial score (nSPS) is 14.4. The lowest BCUT2D eigenvalue weighted by molar-refractivity contribution is -0.161. The average molecular weight is 784 g/mol. The van der Waals surface area contributed by atoms with Gasteiger partial charge in [0.2, 0.25) is 0 Å². The van der Waals surface area contributed by atoms with Crippen molar-refractivity contribution in [3.63, 3.8) is 0 Å². The minimum Gasteiger partial charge on any atom is -0.462 e. The van der Waals surface area contributed by atoms with Crippen LogP contribution in [0.4, 0.5) is 0 Å². The molecule has 0 rings (SSSR count). The monoisotopic (exact) mass is 784 g/mol. The maximum Gasteiger partial charge on any atom is 0.472 e. The van der Waals surface area contributed by atoms with Crippen molar-refractivity contribution in [3.8, 4) is 0 Å². The Morgan fingerprint density at radius 1 is 0.648 bits per heavy atom. The highest BCUT2D eigenvalue weighted by molar-refractivity contribution is 7.47. The van der Waals surface area contributed by atoms with E-state index in [-0.39, 0.29) is 32.6 Å². The standard InChI is InChI=1S/C43H78NO9P/c1-3-5-7-9-11-13-15-16-17-18-19-21-23-25-30-34-42(46)50-38-41(39-52-54(48,49)51-37-36-44)53-43(47)35-31-27-26-29-33-40(45)32-28-24-22-20-14-12-10-8-6-4-2/h12,14,22,24,26,28-29,32,40-41,45H,3-11,13,15-21,23,25,27,30-31,33-39,44H2,1-2H3,(H,48,49). The molecule has 0 saturated heterocycles. The first-order valence-corrected chi connectivity index (χ1v) is 22.7. The Bertz CT molecular complexity index is 1050. The summed E-state index contributed by atoms with van der Waals surface area (Å²) in [5.74, 6) is -0.961. The number of unbranched alkanes of at least 4 members (excludes halogenated alkanes) is 18. The zero-order valence-electron chi connectivity index (χ0n) is 34.1. The van der Waals surface area contributed by atoms with Crippen LogP contribution in [0.1, 0.15) is 174 Å². The molecule has 0 fully saturated rings. The molecule has 0 aliphatic carbocycles. The molecule has 314 valence electrons. The number of ether oxygens (including phenoxy) is 2. The van der Waals surface area contributed by atoms with Gasteiger partial charge in [0.15, 0.2) is 6.10 Å². The number of hydrogen-bond donors (Lipinski definition) is 3. The van der Waals surface area contributed by atoms with E-state index in [9.17, 15) is 24.2 Å². The summed E-state index contributed by atoms with van der Waals surface area (Å²) < 4.78 is 32.6. The molecule has 0 aromatic rings. The van der Waals surface area contributed by atoms with Crippen LogP contribution in [0.25, 0.3) is 0 Å². The van der Waals surface area contributed by atoms with E-state index in [1.807, 2.05) is 24.3 Å². The molecule has 3 atom stereocenters. The molecule has 0 aromatic heterocycles. The Hall–Kier alpha value is -2.07. The van der Waals surface area contributed by atoms with Crippen molar-refractivity contribution in [1.82, 2.24) is 0 Å². The van der Waals surface area contributed by atoms with Crippen LogP contribution in [0.5, 0.6) is 0 Å². The van der Waals surface area contributed by atoms with Crippen molar-refractivity contribution in [2.24, 2.45) is 5.73 Å². The molecule has 0 radical (unpaired) electrons. The number of nitrogens with two attached hydrogens (primary N) is 1. The number of carbonyl (C=O) groups excluding carboxylic acids is 2. The lowest BCUT2D eigenvalue weighted by Crippen LogP contribution is -2.29. The molecule has 54 heavy (non-hydrogen) atoms. The van der Waals surface area contributed by atoms with Crippen molar-refractivity contribution in [3.05, 3.63) is 48.6 Å². The Labute approximate surface area is 329 Å². The lowest BCUT2D eigenvalue weighted by Gasteiger charge is -2.19. The molecule has 4 N–H and O–H groups in total. The Morgan fingerprint density at radius 2 is 1.20 bits per heavy atom. The Balaban J connectivity index is 4.35. The van der Waals surface area contributed by atoms with Crippen LogP contribution in [0.15, 0.2) is 48.6 Å². The van der Waals surface area contributed by atoms with Gasteiger partial charge >= 0.3 is 19.8 Å². The van der Waals surface area contributed by atoms with Crippen molar-refractivity contribution in [2.75, 3.05) is 26.4 Å². The Kier molecular flexibility index (Phi) is 37.7. The highest BCUT2D eigenvalue weighted by atomic mass is 31.2. The first kappa shape index (κ1) is 51.9. The summed E-state index contributed by atoms with van der Waals surface area (Å²) in [6.07, 6.45) is 40.2. The SMILES string of the molecule is CCCCCC=CCC=CC=CC(O)CC=CCCCC(=O)OC(COC(=O)CCCCCCCCCCCCCCCCC)COP(=O)(O)OCCN. The number of aliphatic hydroxyl groups excluding tert-OH is 1. The van der Waals surface area contributed by atoms with E-state index in [2.05, 4.69) is 32.1 Å². The van der Waals surface area contributed by atoms with Crippen LogP contribution >= 0.6 is 7.82 Å². The number of rotatable bonds is 39. The summed E-state index contributed by atoms with van der Waals surface area (Å²) in [5, 5.41) is 10.1. The predicted molar refractivity (Wildman–Crippen MR) is 221 cm³/mol. The van der Waals surface area contributed by atoms with Crippen LogP contribution in [0.2, 0.25) is 0 Å². The van der Waals surface area contributed by atoms with Crippen molar-refractivity contribution >= 4 is 19.8 Å². The van der Waals surface area contributed by atoms with Crippen molar-refractivity contribution < 1.29 is 42.7 Å². The molecule has 11 heteroatoms. The summed E-state index contributed by atoms with van der Waals surface area (Å²) in [4.78, 5) is 34.8. The van der Waals surface area contributed by atoms with Crippen LogP contribution in [0, 0.1) is 0 Å². The van der Waals surface area contributed by atoms with Gasteiger partial charge in [0.05, 0.1) is 19.3 Å². The zero-order chi connectivity index (χ0) is 39.8. The van der Waals surface area contributed by atoms with Crippen molar-refractivity contribution in [2.45, 2.75) is 187 Å². The summed E-state index contributed by atoms with van der Waals surface area (Å²) in [5.41, 5.74) is 5.33. The van der Waals surface area contributed by atoms with Gasteiger partial charge in [-0.3, -0.25) is 18.6 Å². The highest BCUT2D eigenvalue weighted by Gasteiger charge is 2.26. The molecule has 0 aliphatic heterocycles. The molecule has 0 aliphatic rings. The second-order valence-corrected chi connectivity index (χ2v) is 15.5. The lowest BCUT2D eigenvalue weighted by atomic mass is 10.0. The smallest absolute Gasteiger partial charge is 0.462 e. The minimum absolute atomic E-state index is 0.0298. The number of carbonyl (C=O) groups is 2. The first-order valence-electron chi connectivity index (χ1n) is 21.2. The third-order valence-corrected chi connectivity index (χ3v) is 9.78. The van der Waals surface area contributed by atoms with Crippen LogP contribution in [-0.2, 0) is 32.7 Å². The number of phosphoric ester groups is 1. The second-order valence-electron chi connectivity index (χ2n) is 14.1. The van der Waals surface area contributed by atoms with E-state index in [4.69, 9.17) is 24.3 Å². The van der Waals surface area contributed by atoms with Crippen LogP contribution < -0.4 is 5.73 Å². The fraction of sp³-hybridized carbons (Fsp3) is 0.767. The number of phosphoric acid groups is 1. The number of esters is 2. The van der Waals surface area contributed by atoms with E-state index < -0.39 is 38.6 Å². The Morgan fingerprint density at radius 3 is 1.83 bits per heavy atom. The molecule has 0 heterocycles. The maximum atomic E-state index is 12.6. The molecule has 0 amide bonds. The van der Waals surface area contributed by atoms with Gasteiger partial charge in [-0.05, 0) is 44.9 Å². The van der Waals surface area contributed by atoms with Gasteiger partial charge in [0.25, 0.3) is 0 Å². The average Bonchev–Trinajstić information content (AvgIpc) is 3.15. The van der Waals surface area contributed by atoms with E-state index >= 15 is 0 Å². The molecule has 0 spiro atoms. The fourth-order valence-corrected chi connectivity index (χ4v) is 6.36. The summed E-state index contributed by atoms with van der Waals surface area (Å²) in [6, 6.07) is 0. The van der Waals surface area contributed by atoms with Gasteiger partial charge < -0.3 is 25.2 Å². The van der Waals surface area contributed by atoms with Crippen LogP contribution in [-0.4, -0.2) is 60.5 Å². The third-order valence-electron chi connectivity index (χ3n) is 8.80. The zero-order valence-corrected chi connectivity index (χ0v) is 35.0. The quantitative estimate of drug-likeness (QED) is 0.0180. The van der Waals surface area contributed by atoms with Gasteiger partial charge in [-0.1, -0.05) is 165 Å². The largest absolute Gasteiger partial charge is 0.472 e. The van der Waals surface area contributed by atoms with Gasteiger partial charge in [0.1, 0.15) is 6.61 Å². The highest BCUT2D eigenvalue weighted by Crippen LogP contribution is 2.43. The fourth-order valence-electron chi connectivity index (χ4n) is 5.59. The summed E-state index contributed by atoms with van der Waals surface area (Å²) in [7, 11) is -4.41. The van der Waals surface area contributed by atoms with Gasteiger partial charge in [-0.2, -0.15) is 0 Å². The molecule has 10 nitrogen and oxygen atoms in total. The summed E-state index contributed by atoms with van der Waals surface area (Å²) in [6.45, 7) is 3.53. The number of aliphatic hydroxyl groups is 1. The minimum atomic E-state index is -4.41. The number of hydrogen-bond acceptors (Lipinski definition) is 9. The van der Waals surface area contributed by atoms with Gasteiger partial charge in [0, 0.05) is 19.4 Å². The van der Waals surface area contributed by atoms with E-state index in [0.717, 1.165) is 25.7 Å². The molecule has 0 saturated carbocycles. The maximum absolute atomic E-state index is 12.6. The van der Waals surface area contributed by atoms with Gasteiger partial charge in [-0.15, -0.1) is 0 Å². The first-order chi connectivity index (χ1) is 26.2. The topological polar surface area (TPSA) is 155 Å². The van der Waals surface area contributed by atoms with E-state index in [1.165, 1.54) is 96.3 Å². The van der Waals surface area contributed by atoms with E-state index in [0.29, 0.717) is 25.7 Å².